The number of benzene rings is 1. The van der Waals surface area contributed by atoms with Crippen molar-refractivity contribution in [1.29, 1.82) is 0 Å². The first-order valence-electron chi connectivity index (χ1n) is 7.23. The number of allylic oxidation sites excluding steroid dienone is 2. The zero-order valence-electron chi connectivity index (χ0n) is 12.8. The molecule has 0 fully saturated rings. The van der Waals surface area contributed by atoms with Crippen molar-refractivity contribution in [3.8, 4) is 5.75 Å². The lowest BCUT2D eigenvalue weighted by Crippen LogP contribution is -2.20. The van der Waals surface area contributed by atoms with Crippen molar-refractivity contribution in [3.05, 3.63) is 40.0 Å². The van der Waals surface area contributed by atoms with E-state index in [4.69, 9.17) is 4.74 Å². The van der Waals surface area contributed by atoms with Gasteiger partial charge in [0.05, 0.1) is 17.7 Å². The van der Waals surface area contributed by atoms with Crippen molar-refractivity contribution >= 4 is 11.4 Å². The zero-order chi connectivity index (χ0) is 15.4. The molecule has 0 spiro atoms. The third-order valence-corrected chi connectivity index (χ3v) is 3.86. The first-order chi connectivity index (χ1) is 9.99. The minimum atomic E-state index is -0.389. The van der Waals surface area contributed by atoms with Crippen LogP contribution in [0.1, 0.15) is 26.7 Å². The number of non-ortho nitro benzene ring substituents is 1. The van der Waals surface area contributed by atoms with Crippen LogP contribution in [0.4, 0.5) is 11.4 Å². The second-order valence-corrected chi connectivity index (χ2v) is 5.82. The molecule has 2 rings (SSSR count). The first-order valence-corrected chi connectivity index (χ1v) is 7.23. The SMILES string of the molecule is COc1ccc([N+](=O)[O-])cc1NCC1CC(C)=CC(C)C1. The van der Waals surface area contributed by atoms with Crippen LogP contribution in [0.25, 0.3) is 0 Å². The zero-order valence-corrected chi connectivity index (χ0v) is 12.8. The van der Waals surface area contributed by atoms with Crippen molar-refractivity contribution in [2.45, 2.75) is 26.7 Å². The second kappa shape index (κ2) is 6.61. The Morgan fingerprint density at radius 1 is 1.48 bits per heavy atom. The molecule has 2 unspecified atom stereocenters. The van der Waals surface area contributed by atoms with E-state index in [1.807, 2.05) is 0 Å². The number of anilines is 1. The van der Waals surface area contributed by atoms with Gasteiger partial charge in [-0.3, -0.25) is 10.1 Å². The van der Waals surface area contributed by atoms with Crippen molar-refractivity contribution < 1.29 is 9.66 Å². The van der Waals surface area contributed by atoms with Crippen LogP contribution in [-0.2, 0) is 0 Å². The summed E-state index contributed by atoms with van der Waals surface area (Å²) in [4.78, 5) is 10.5. The van der Waals surface area contributed by atoms with E-state index >= 15 is 0 Å². The maximum atomic E-state index is 10.9. The molecule has 21 heavy (non-hydrogen) atoms. The summed E-state index contributed by atoms with van der Waals surface area (Å²) in [5.41, 5.74) is 2.18. The van der Waals surface area contributed by atoms with Crippen LogP contribution in [0.5, 0.6) is 5.75 Å². The molecular weight excluding hydrogens is 268 g/mol. The summed E-state index contributed by atoms with van der Waals surface area (Å²) < 4.78 is 5.27. The highest BCUT2D eigenvalue weighted by Crippen LogP contribution is 2.31. The molecule has 0 radical (unpaired) electrons. The molecular formula is C16H22N2O3. The van der Waals surface area contributed by atoms with Crippen LogP contribution in [0, 0.1) is 22.0 Å². The molecule has 114 valence electrons. The van der Waals surface area contributed by atoms with Gasteiger partial charge in [0.2, 0.25) is 0 Å². The minimum Gasteiger partial charge on any atom is -0.495 e. The molecule has 1 aromatic rings. The maximum Gasteiger partial charge on any atom is 0.271 e. The van der Waals surface area contributed by atoms with E-state index < -0.39 is 0 Å². The molecule has 5 heteroatoms. The highest BCUT2D eigenvalue weighted by atomic mass is 16.6. The molecule has 1 aliphatic carbocycles. The van der Waals surface area contributed by atoms with Crippen LogP contribution in [0.2, 0.25) is 0 Å². The lowest BCUT2D eigenvalue weighted by molar-refractivity contribution is -0.384. The largest absolute Gasteiger partial charge is 0.495 e. The predicted octanol–water partition coefficient (Wildman–Crippen LogP) is 4.01. The summed E-state index contributed by atoms with van der Waals surface area (Å²) in [5.74, 6) is 1.78. The van der Waals surface area contributed by atoms with Gasteiger partial charge in [0, 0.05) is 18.7 Å². The van der Waals surface area contributed by atoms with Crippen molar-refractivity contribution in [1.82, 2.24) is 0 Å². The second-order valence-electron chi connectivity index (χ2n) is 5.82. The van der Waals surface area contributed by atoms with Crippen molar-refractivity contribution in [2.24, 2.45) is 11.8 Å². The molecule has 2 atom stereocenters. The van der Waals surface area contributed by atoms with E-state index in [-0.39, 0.29) is 10.6 Å². The van der Waals surface area contributed by atoms with E-state index in [1.165, 1.54) is 17.7 Å². The molecule has 1 aromatic carbocycles. The Balaban J connectivity index is 2.07. The quantitative estimate of drug-likeness (QED) is 0.505. The lowest BCUT2D eigenvalue weighted by atomic mass is 9.84. The van der Waals surface area contributed by atoms with Crippen LogP contribution in [-0.4, -0.2) is 18.6 Å². The number of hydrogen-bond donors (Lipinski definition) is 1. The fourth-order valence-corrected chi connectivity index (χ4v) is 3.04. The van der Waals surface area contributed by atoms with Crippen molar-refractivity contribution in [2.75, 3.05) is 19.0 Å². The number of rotatable bonds is 5. The highest BCUT2D eigenvalue weighted by molar-refractivity contribution is 5.61. The average molecular weight is 290 g/mol. The highest BCUT2D eigenvalue weighted by Gasteiger charge is 2.19. The average Bonchev–Trinajstić information content (AvgIpc) is 2.43. The van der Waals surface area contributed by atoms with Gasteiger partial charge in [0.25, 0.3) is 5.69 Å². The van der Waals surface area contributed by atoms with Crippen LogP contribution < -0.4 is 10.1 Å². The third-order valence-electron chi connectivity index (χ3n) is 3.86. The van der Waals surface area contributed by atoms with E-state index in [2.05, 4.69) is 25.2 Å². The number of nitro groups is 1. The van der Waals surface area contributed by atoms with E-state index in [9.17, 15) is 10.1 Å². The normalized spacial score (nSPS) is 21.6. The summed E-state index contributed by atoms with van der Waals surface area (Å²) in [6.45, 7) is 5.19. The van der Waals surface area contributed by atoms with Gasteiger partial charge in [-0.1, -0.05) is 18.6 Å². The maximum absolute atomic E-state index is 10.9. The molecule has 1 aliphatic rings. The van der Waals surface area contributed by atoms with Gasteiger partial charge in [-0.2, -0.15) is 0 Å². The van der Waals surface area contributed by atoms with Crippen LogP contribution in [0.15, 0.2) is 29.8 Å². The number of nitrogens with zero attached hydrogens (tertiary/aromatic N) is 1. The van der Waals surface area contributed by atoms with E-state index in [0.29, 0.717) is 23.3 Å². The first kappa shape index (κ1) is 15.4. The minimum absolute atomic E-state index is 0.0754. The lowest BCUT2D eigenvalue weighted by Gasteiger charge is -2.26. The monoisotopic (exact) mass is 290 g/mol. The molecule has 1 N–H and O–H groups in total. The predicted molar refractivity (Wildman–Crippen MR) is 83.8 cm³/mol. The van der Waals surface area contributed by atoms with E-state index in [0.717, 1.165) is 19.4 Å². The Kier molecular flexibility index (Phi) is 4.83. The smallest absolute Gasteiger partial charge is 0.271 e. The summed E-state index contributed by atoms with van der Waals surface area (Å²) >= 11 is 0. The Morgan fingerprint density at radius 2 is 2.24 bits per heavy atom. The van der Waals surface area contributed by atoms with Crippen LogP contribution in [0.3, 0.4) is 0 Å². The van der Waals surface area contributed by atoms with Crippen molar-refractivity contribution in [3.63, 3.8) is 0 Å². The van der Waals surface area contributed by atoms with Gasteiger partial charge < -0.3 is 10.1 Å². The number of nitro benzene ring substituents is 1. The van der Waals surface area contributed by atoms with Gasteiger partial charge >= 0.3 is 0 Å². The Bertz CT molecular complexity index is 554. The molecule has 0 bridgehead atoms. The fraction of sp³-hybridized carbons (Fsp3) is 0.500. The molecule has 0 saturated carbocycles. The number of ether oxygens (including phenoxy) is 1. The number of methoxy groups -OCH3 is 1. The van der Waals surface area contributed by atoms with Gasteiger partial charge in [0.1, 0.15) is 5.75 Å². The van der Waals surface area contributed by atoms with Gasteiger partial charge in [-0.05, 0) is 37.7 Å². The molecule has 0 aromatic heterocycles. The summed E-state index contributed by atoms with van der Waals surface area (Å²) in [5, 5.41) is 14.2. The van der Waals surface area contributed by atoms with E-state index in [1.54, 1.807) is 13.2 Å². The molecule has 0 saturated heterocycles. The molecule has 5 nitrogen and oxygen atoms in total. The number of hydrogen-bond acceptors (Lipinski definition) is 4. The van der Waals surface area contributed by atoms with Gasteiger partial charge in [-0.25, -0.2) is 0 Å². The Morgan fingerprint density at radius 3 is 2.86 bits per heavy atom. The Labute approximate surface area is 125 Å². The summed E-state index contributed by atoms with van der Waals surface area (Å²) in [6.07, 6.45) is 4.54. The topological polar surface area (TPSA) is 64.4 Å². The van der Waals surface area contributed by atoms with Gasteiger partial charge in [0.15, 0.2) is 0 Å². The fourth-order valence-electron chi connectivity index (χ4n) is 3.04. The van der Waals surface area contributed by atoms with Crippen LogP contribution >= 0.6 is 0 Å². The molecule has 0 amide bonds. The summed E-state index contributed by atoms with van der Waals surface area (Å²) in [7, 11) is 1.57. The third kappa shape index (κ3) is 3.97. The molecule has 0 aliphatic heterocycles. The molecule has 0 heterocycles. The number of nitrogens with one attached hydrogen (secondary N) is 1. The Hall–Kier alpha value is -2.04. The summed E-state index contributed by atoms with van der Waals surface area (Å²) in [6, 6.07) is 4.63. The standard InChI is InChI=1S/C16H22N2O3/c1-11-6-12(2)8-13(7-11)10-17-15-9-14(18(19)20)4-5-16(15)21-3/h4-6,9,11,13,17H,7-8,10H2,1-3H3. The van der Waals surface area contributed by atoms with Gasteiger partial charge in [-0.15, -0.1) is 0 Å².